The van der Waals surface area contributed by atoms with Crippen molar-refractivity contribution in [3.05, 3.63) is 117 Å². The number of carboxylic acids is 1. The van der Waals surface area contributed by atoms with Crippen LogP contribution in [0.2, 0.25) is 0 Å². The Morgan fingerprint density at radius 3 is 2.58 bits per heavy atom. The number of benzene rings is 3. The molecular weight excluding hydrogens is 506 g/mol. The molecule has 0 aliphatic carbocycles. The van der Waals surface area contributed by atoms with Crippen LogP contribution >= 0.6 is 11.8 Å². The number of aromatic carboxylic acids is 1. The number of amides is 1. The van der Waals surface area contributed by atoms with Gasteiger partial charge in [-0.15, -0.1) is 0 Å². The summed E-state index contributed by atoms with van der Waals surface area (Å²) < 4.78 is 5.88. The van der Waals surface area contributed by atoms with E-state index in [-0.39, 0.29) is 17.2 Å². The number of anilines is 1. The van der Waals surface area contributed by atoms with Gasteiger partial charge in [0, 0.05) is 12.1 Å². The van der Waals surface area contributed by atoms with E-state index < -0.39 is 10.9 Å². The first kappa shape index (κ1) is 24.7. The minimum Gasteiger partial charge on any atom is -0.478 e. The number of nitro groups is 1. The minimum atomic E-state index is -1.08. The zero-order valence-electron chi connectivity index (χ0n) is 19.9. The molecule has 38 heavy (non-hydrogen) atoms. The number of carboxylic acid groups (broad SMARTS) is 1. The molecule has 0 unspecified atom stereocenters. The maximum Gasteiger partial charge on any atom is 0.335 e. The van der Waals surface area contributed by atoms with Crippen molar-refractivity contribution in [2.45, 2.75) is 6.92 Å². The average Bonchev–Trinajstić information content (AvgIpc) is 3.49. The number of aliphatic imine (C=N–C) groups is 1. The van der Waals surface area contributed by atoms with Gasteiger partial charge in [-0.3, -0.25) is 19.8 Å². The predicted octanol–water partition coefficient (Wildman–Crippen LogP) is 6.67. The maximum atomic E-state index is 13.5. The number of nitrogens with zero attached hydrogens (tertiary/aromatic N) is 3. The van der Waals surface area contributed by atoms with Crippen LogP contribution in [0.4, 0.5) is 17.1 Å². The summed E-state index contributed by atoms with van der Waals surface area (Å²) in [4.78, 5) is 42.3. The van der Waals surface area contributed by atoms with Crippen molar-refractivity contribution >= 4 is 51.9 Å². The van der Waals surface area contributed by atoms with Crippen LogP contribution in [0.25, 0.3) is 17.4 Å². The summed E-state index contributed by atoms with van der Waals surface area (Å²) in [6, 6.07) is 23.2. The van der Waals surface area contributed by atoms with Gasteiger partial charge in [-0.1, -0.05) is 30.3 Å². The highest BCUT2D eigenvalue weighted by Gasteiger charge is 2.35. The monoisotopic (exact) mass is 525 g/mol. The zero-order valence-corrected chi connectivity index (χ0v) is 20.7. The SMILES string of the molecule is Cc1ccc(-c2ccc(/C=C3/SC(=Nc4cccc(C(=O)O)c4)N(c4ccccc4)C3=O)o2)c([N+](=O)[O-])c1. The molecule has 1 aromatic heterocycles. The standard InChI is InChI=1S/C28H19N3O6S/c1-17-10-12-22(23(14-17)31(35)36)24-13-11-21(37-24)16-25-26(32)30(20-8-3-2-4-9-20)28(38-25)29-19-7-5-6-18(15-19)27(33)34/h2-16H,1H3,(H,33,34)/b25-16+,29-28?. The van der Waals surface area contributed by atoms with Gasteiger partial charge >= 0.3 is 5.97 Å². The number of aryl methyl sites for hydroxylation is 1. The summed E-state index contributed by atoms with van der Waals surface area (Å²) in [5.41, 5.74) is 2.08. The van der Waals surface area contributed by atoms with Crippen LogP contribution in [0.3, 0.4) is 0 Å². The molecule has 1 fully saturated rings. The molecule has 1 aliphatic heterocycles. The molecule has 10 heteroatoms. The van der Waals surface area contributed by atoms with E-state index >= 15 is 0 Å². The highest BCUT2D eigenvalue weighted by Crippen LogP contribution is 2.38. The summed E-state index contributed by atoms with van der Waals surface area (Å²) in [7, 11) is 0. The van der Waals surface area contributed by atoms with Crippen LogP contribution in [0.1, 0.15) is 21.7 Å². The Morgan fingerprint density at radius 1 is 1.05 bits per heavy atom. The highest BCUT2D eigenvalue weighted by molar-refractivity contribution is 8.19. The van der Waals surface area contributed by atoms with E-state index in [1.54, 1.807) is 73.7 Å². The fourth-order valence-electron chi connectivity index (χ4n) is 3.88. The highest BCUT2D eigenvalue weighted by atomic mass is 32.2. The lowest BCUT2D eigenvalue weighted by atomic mass is 10.1. The van der Waals surface area contributed by atoms with Crippen molar-refractivity contribution in [3.8, 4) is 11.3 Å². The third kappa shape index (κ3) is 4.97. The van der Waals surface area contributed by atoms with E-state index in [4.69, 9.17) is 4.42 Å². The van der Waals surface area contributed by atoms with Crippen LogP contribution in [0, 0.1) is 17.0 Å². The van der Waals surface area contributed by atoms with Gasteiger partial charge in [-0.05, 0) is 72.8 Å². The van der Waals surface area contributed by atoms with Gasteiger partial charge in [0.05, 0.1) is 32.3 Å². The Kier molecular flexibility index (Phi) is 6.63. The number of hydrogen-bond acceptors (Lipinski definition) is 7. The molecule has 0 atom stereocenters. The van der Waals surface area contributed by atoms with Gasteiger partial charge in [0.2, 0.25) is 0 Å². The van der Waals surface area contributed by atoms with Crippen LogP contribution in [-0.2, 0) is 4.79 Å². The van der Waals surface area contributed by atoms with Crippen LogP contribution in [-0.4, -0.2) is 27.1 Å². The lowest BCUT2D eigenvalue weighted by molar-refractivity contribution is -0.384. The Bertz CT molecular complexity index is 1640. The number of carbonyl (C=O) groups excluding carboxylic acids is 1. The summed E-state index contributed by atoms with van der Waals surface area (Å²) in [5.74, 6) is -0.773. The predicted molar refractivity (Wildman–Crippen MR) is 146 cm³/mol. The summed E-state index contributed by atoms with van der Waals surface area (Å²) in [6.07, 6.45) is 1.56. The van der Waals surface area contributed by atoms with Crippen molar-refractivity contribution in [2.75, 3.05) is 4.90 Å². The molecule has 9 nitrogen and oxygen atoms in total. The van der Waals surface area contributed by atoms with Gasteiger partial charge < -0.3 is 9.52 Å². The molecule has 4 aromatic rings. The topological polar surface area (TPSA) is 126 Å². The molecule has 1 saturated heterocycles. The lowest BCUT2D eigenvalue weighted by Crippen LogP contribution is -2.28. The number of nitro benzene ring substituents is 1. The van der Waals surface area contributed by atoms with Crippen molar-refractivity contribution in [3.63, 3.8) is 0 Å². The van der Waals surface area contributed by atoms with Gasteiger partial charge in [0.15, 0.2) is 5.17 Å². The lowest BCUT2D eigenvalue weighted by Gasteiger charge is -2.15. The quantitative estimate of drug-likeness (QED) is 0.169. The maximum absolute atomic E-state index is 13.5. The summed E-state index contributed by atoms with van der Waals surface area (Å²) >= 11 is 1.11. The zero-order chi connectivity index (χ0) is 26.8. The van der Waals surface area contributed by atoms with Gasteiger partial charge in [0.25, 0.3) is 11.6 Å². The Labute approximate surface area is 220 Å². The molecule has 2 heterocycles. The van der Waals surface area contributed by atoms with Crippen molar-refractivity contribution < 1.29 is 24.0 Å². The van der Waals surface area contributed by atoms with E-state index in [9.17, 15) is 24.8 Å². The van der Waals surface area contributed by atoms with Crippen LogP contribution in [0.5, 0.6) is 0 Å². The number of para-hydroxylation sites is 1. The van der Waals surface area contributed by atoms with E-state index in [1.165, 1.54) is 23.1 Å². The van der Waals surface area contributed by atoms with Crippen molar-refractivity contribution in [1.82, 2.24) is 0 Å². The van der Waals surface area contributed by atoms with Gasteiger partial charge in [-0.25, -0.2) is 9.79 Å². The number of carbonyl (C=O) groups is 2. The average molecular weight is 526 g/mol. The summed E-state index contributed by atoms with van der Waals surface area (Å²) in [5, 5.41) is 21.2. The fraction of sp³-hybridized carbons (Fsp3) is 0.0357. The molecule has 0 radical (unpaired) electrons. The van der Waals surface area contributed by atoms with Gasteiger partial charge in [-0.2, -0.15) is 0 Å². The largest absolute Gasteiger partial charge is 0.478 e. The molecule has 1 N–H and O–H groups in total. The van der Waals surface area contributed by atoms with E-state index in [0.29, 0.717) is 38.5 Å². The number of amidine groups is 1. The van der Waals surface area contributed by atoms with Crippen molar-refractivity contribution in [1.29, 1.82) is 0 Å². The molecule has 188 valence electrons. The molecule has 0 bridgehead atoms. The van der Waals surface area contributed by atoms with E-state index in [0.717, 1.165) is 17.3 Å². The Balaban J connectivity index is 1.53. The smallest absolute Gasteiger partial charge is 0.335 e. The Morgan fingerprint density at radius 2 is 1.84 bits per heavy atom. The molecule has 3 aromatic carbocycles. The number of thioether (sulfide) groups is 1. The second-order valence-corrected chi connectivity index (χ2v) is 9.33. The first-order valence-corrected chi connectivity index (χ1v) is 12.2. The summed E-state index contributed by atoms with van der Waals surface area (Å²) in [6.45, 7) is 1.77. The third-order valence-corrected chi connectivity index (χ3v) is 6.62. The first-order chi connectivity index (χ1) is 18.3. The second-order valence-electron chi connectivity index (χ2n) is 8.32. The van der Waals surface area contributed by atoms with Gasteiger partial charge in [0.1, 0.15) is 11.5 Å². The molecule has 5 rings (SSSR count). The van der Waals surface area contributed by atoms with Crippen LogP contribution in [0.15, 0.2) is 99.2 Å². The van der Waals surface area contributed by atoms with Crippen LogP contribution < -0.4 is 4.90 Å². The minimum absolute atomic E-state index is 0.0712. The van der Waals surface area contributed by atoms with E-state index in [2.05, 4.69) is 4.99 Å². The Hall–Kier alpha value is -4.96. The third-order valence-electron chi connectivity index (χ3n) is 5.65. The van der Waals surface area contributed by atoms with E-state index in [1.807, 2.05) is 6.07 Å². The first-order valence-electron chi connectivity index (χ1n) is 11.4. The second kappa shape index (κ2) is 10.2. The number of furan rings is 1. The molecule has 1 amide bonds. The fourth-order valence-corrected chi connectivity index (χ4v) is 4.86. The molecule has 1 aliphatic rings. The normalized spacial score (nSPS) is 15.4. The number of hydrogen-bond donors (Lipinski definition) is 1. The molecule has 0 spiro atoms. The molecular formula is C28H19N3O6S. The number of rotatable bonds is 6. The molecule has 0 saturated carbocycles. The van der Waals surface area contributed by atoms with Crippen molar-refractivity contribution in [2.24, 2.45) is 4.99 Å².